The molecule has 0 aliphatic carbocycles. The maximum Gasteiger partial charge on any atom is 0.238 e. The van der Waals surface area contributed by atoms with E-state index in [1.165, 1.54) is 30.3 Å². The number of phenolic OH excluding ortho intramolecular Hbond substituents is 3. The van der Waals surface area contributed by atoms with E-state index >= 15 is 0 Å². The average Bonchev–Trinajstić information content (AvgIpc) is 2.52. The first-order chi connectivity index (χ1) is 10.9. The largest absolute Gasteiger partial charge is 0.508 e. The highest BCUT2D eigenvalue weighted by Gasteiger charge is 2.21. The Labute approximate surface area is 130 Å². The molecule has 0 unspecified atom stereocenters. The number of phenols is 3. The summed E-state index contributed by atoms with van der Waals surface area (Å²) in [6.07, 6.45) is 0.313. The van der Waals surface area contributed by atoms with Gasteiger partial charge in [-0.1, -0.05) is 6.92 Å². The van der Waals surface area contributed by atoms with Gasteiger partial charge in [0.1, 0.15) is 28.2 Å². The maximum absolute atomic E-state index is 12.4. The van der Waals surface area contributed by atoms with Crippen LogP contribution in [0, 0.1) is 0 Å². The van der Waals surface area contributed by atoms with Gasteiger partial charge in [0.05, 0.1) is 0 Å². The van der Waals surface area contributed by atoms with E-state index < -0.39 is 16.9 Å². The number of fused-ring (bicyclic) bond motifs is 1. The van der Waals surface area contributed by atoms with Gasteiger partial charge < -0.3 is 24.8 Å². The molecule has 3 aromatic rings. The third kappa shape index (κ3) is 2.24. The van der Waals surface area contributed by atoms with Crippen molar-refractivity contribution in [2.45, 2.75) is 13.3 Å². The summed E-state index contributed by atoms with van der Waals surface area (Å²) in [5.74, 6) is -1.32. The van der Waals surface area contributed by atoms with Crippen LogP contribution >= 0.6 is 0 Å². The van der Waals surface area contributed by atoms with Crippen LogP contribution in [-0.4, -0.2) is 20.4 Å². The second kappa shape index (κ2) is 5.24. The summed E-state index contributed by atoms with van der Waals surface area (Å²) < 4.78 is 5.51. The number of rotatable bonds is 2. The zero-order valence-corrected chi connectivity index (χ0v) is 12.2. The lowest BCUT2D eigenvalue weighted by Crippen LogP contribution is -2.04. The fraction of sp³-hybridized carbons (Fsp3) is 0.118. The first kappa shape index (κ1) is 14.8. The molecular weight excluding hydrogens is 300 g/mol. The summed E-state index contributed by atoms with van der Waals surface area (Å²) in [6.45, 7) is 1.72. The van der Waals surface area contributed by atoms with Crippen LogP contribution in [0.1, 0.15) is 12.5 Å². The molecule has 118 valence electrons. The van der Waals surface area contributed by atoms with Gasteiger partial charge in [0, 0.05) is 17.2 Å². The Balaban J connectivity index is 2.38. The number of hydrogen-bond acceptors (Lipinski definition) is 6. The second-order valence-corrected chi connectivity index (χ2v) is 5.11. The smallest absolute Gasteiger partial charge is 0.238 e. The Bertz CT molecular complexity index is 954. The molecule has 4 N–H and O–H groups in total. The molecule has 0 fully saturated rings. The Kier molecular flexibility index (Phi) is 3.37. The predicted molar refractivity (Wildman–Crippen MR) is 84.0 cm³/mol. The lowest BCUT2D eigenvalue weighted by Gasteiger charge is -2.10. The molecule has 1 aromatic heterocycles. The van der Waals surface area contributed by atoms with Crippen LogP contribution in [0.4, 0.5) is 0 Å². The average molecular weight is 314 g/mol. The summed E-state index contributed by atoms with van der Waals surface area (Å²) in [5.41, 5.74) is -0.246. The van der Waals surface area contributed by atoms with Gasteiger partial charge in [-0.3, -0.25) is 4.79 Å². The zero-order valence-electron chi connectivity index (χ0n) is 12.2. The Morgan fingerprint density at radius 1 is 1.00 bits per heavy atom. The van der Waals surface area contributed by atoms with Gasteiger partial charge >= 0.3 is 0 Å². The van der Waals surface area contributed by atoms with E-state index in [4.69, 9.17) is 4.42 Å². The highest BCUT2D eigenvalue weighted by Crippen LogP contribution is 2.38. The number of benzene rings is 2. The van der Waals surface area contributed by atoms with Crippen molar-refractivity contribution in [1.29, 1.82) is 0 Å². The van der Waals surface area contributed by atoms with E-state index in [1.807, 2.05) is 0 Å². The van der Waals surface area contributed by atoms with Crippen LogP contribution in [0.25, 0.3) is 22.3 Å². The summed E-state index contributed by atoms with van der Waals surface area (Å²) >= 11 is 0. The van der Waals surface area contributed by atoms with E-state index in [9.17, 15) is 25.2 Å². The van der Waals surface area contributed by atoms with Crippen molar-refractivity contribution in [2.75, 3.05) is 0 Å². The Morgan fingerprint density at radius 3 is 2.26 bits per heavy atom. The maximum atomic E-state index is 12.4. The highest BCUT2D eigenvalue weighted by atomic mass is 16.4. The van der Waals surface area contributed by atoms with Crippen molar-refractivity contribution in [3.8, 4) is 34.3 Å². The van der Waals surface area contributed by atoms with E-state index in [0.717, 1.165) is 0 Å². The molecule has 1 heterocycles. The van der Waals surface area contributed by atoms with Gasteiger partial charge in [0.25, 0.3) is 0 Å². The minimum Gasteiger partial charge on any atom is -0.508 e. The molecule has 6 heteroatoms. The molecule has 0 saturated carbocycles. The lowest BCUT2D eigenvalue weighted by molar-refractivity contribution is 0.432. The van der Waals surface area contributed by atoms with E-state index in [2.05, 4.69) is 0 Å². The Hall–Kier alpha value is -3.15. The van der Waals surface area contributed by atoms with Crippen molar-refractivity contribution >= 4 is 11.0 Å². The molecular formula is C17H14O6. The van der Waals surface area contributed by atoms with E-state index in [-0.39, 0.29) is 33.8 Å². The van der Waals surface area contributed by atoms with Crippen molar-refractivity contribution in [3.05, 3.63) is 46.1 Å². The quantitative estimate of drug-likeness (QED) is 0.579. The van der Waals surface area contributed by atoms with Gasteiger partial charge in [0.2, 0.25) is 11.2 Å². The first-order valence-electron chi connectivity index (χ1n) is 6.97. The van der Waals surface area contributed by atoms with Gasteiger partial charge in [-0.2, -0.15) is 0 Å². The van der Waals surface area contributed by atoms with Crippen LogP contribution in [0.2, 0.25) is 0 Å². The minimum atomic E-state index is -0.790. The van der Waals surface area contributed by atoms with Crippen LogP contribution in [-0.2, 0) is 6.42 Å². The SMILES string of the molecule is CCc1c(O)cc2oc(-c3ccc(O)cc3)c(O)c(=O)c2c1O. The number of aromatic hydroxyl groups is 4. The molecule has 0 amide bonds. The minimum absolute atomic E-state index is 0.0271. The summed E-state index contributed by atoms with van der Waals surface area (Å²) in [6, 6.07) is 6.94. The molecule has 0 spiro atoms. The van der Waals surface area contributed by atoms with Crippen LogP contribution < -0.4 is 5.43 Å². The normalized spacial score (nSPS) is 11.0. The highest BCUT2D eigenvalue weighted by molar-refractivity contribution is 5.89. The van der Waals surface area contributed by atoms with Crippen molar-refractivity contribution in [1.82, 2.24) is 0 Å². The molecule has 23 heavy (non-hydrogen) atoms. The topological polar surface area (TPSA) is 111 Å². The van der Waals surface area contributed by atoms with Gasteiger partial charge in [-0.05, 0) is 30.7 Å². The predicted octanol–water partition coefficient (Wildman–Crippen LogP) is 2.84. The molecule has 0 saturated heterocycles. The van der Waals surface area contributed by atoms with Crippen LogP contribution in [0.15, 0.2) is 39.5 Å². The fourth-order valence-corrected chi connectivity index (χ4v) is 2.51. The molecule has 3 rings (SSSR count). The third-order valence-electron chi connectivity index (χ3n) is 3.70. The molecule has 0 atom stereocenters. The van der Waals surface area contributed by atoms with Crippen molar-refractivity contribution < 1.29 is 24.8 Å². The number of hydrogen-bond donors (Lipinski definition) is 4. The zero-order chi connectivity index (χ0) is 16.7. The Morgan fingerprint density at radius 2 is 1.65 bits per heavy atom. The standard InChI is InChI=1S/C17H14O6/c1-2-10-11(19)7-12-13(14(10)20)15(21)16(22)17(23-12)8-3-5-9(18)6-4-8/h3-7,18-20,22H,2H2,1H3. The fourth-order valence-electron chi connectivity index (χ4n) is 2.51. The second-order valence-electron chi connectivity index (χ2n) is 5.11. The van der Waals surface area contributed by atoms with E-state index in [0.29, 0.717) is 12.0 Å². The monoisotopic (exact) mass is 314 g/mol. The van der Waals surface area contributed by atoms with Crippen molar-refractivity contribution in [3.63, 3.8) is 0 Å². The third-order valence-corrected chi connectivity index (χ3v) is 3.70. The summed E-state index contributed by atoms with van der Waals surface area (Å²) in [7, 11) is 0. The summed E-state index contributed by atoms with van der Waals surface area (Å²) in [4.78, 5) is 12.4. The molecule has 0 aliphatic heterocycles. The first-order valence-corrected chi connectivity index (χ1v) is 6.97. The molecule has 0 bridgehead atoms. The molecule has 2 aromatic carbocycles. The van der Waals surface area contributed by atoms with Crippen LogP contribution in [0.5, 0.6) is 23.0 Å². The van der Waals surface area contributed by atoms with E-state index in [1.54, 1.807) is 6.92 Å². The lowest BCUT2D eigenvalue weighted by atomic mass is 10.0. The van der Waals surface area contributed by atoms with Gasteiger partial charge in [-0.15, -0.1) is 0 Å². The van der Waals surface area contributed by atoms with Crippen LogP contribution in [0.3, 0.4) is 0 Å². The molecule has 0 radical (unpaired) electrons. The summed E-state index contributed by atoms with van der Waals surface area (Å²) in [5, 5.41) is 39.4. The molecule has 0 aliphatic rings. The van der Waals surface area contributed by atoms with Gasteiger partial charge in [0.15, 0.2) is 5.76 Å². The molecule has 6 nitrogen and oxygen atoms in total. The van der Waals surface area contributed by atoms with Gasteiger partial charge in [-0.25, -0.2) is 0 Å². The van der Waals surface area contributed by atoms with Crippen molar-refractivity contribution in [2.24, 2.45) is 0 Å².